The van der Waals surface area contributed by atoms with Crippen molar-refractivity contribution in [2.45, 2.75) is 76.4 Å². The van der Waals surface area contributed by atoms with E-state index in [1.807, 2.05) is 0 Å². The molecule has 1 N–H and O–H groups in total. The second kappa shape index (κ2) is 6.02. The molecule has 2 unspecified atom stereocenters. The maximum atomic E-state index is 3.56. The lowest BCUT2D eigenvalue weighted by atomic mass is 9.96. The van der Waals surface area contributed by atoms with E-state index in [0.29, 0.717) is 6.04 Å². The summed E-state index contributed by atoms with van der Waals surface area (Å²) in [6.07, 6.45) is 11.4. The average molecular weight is 224 g/mol. The van der Waals surface area contributed by atoms with Crippen LogP contribution in [0.25, 0.3) is 0 Å². The van der Waals surface area contributed by atoms with Crippen LogP contribution in [0.4, 0.5) is 0 Å². The maximum Gasteiger partial charge on any atom is 0.0122 e. The van der Waals surface area contributed by atoms with Crippen molar-refractivity contribution in [3.8, 4) is 0 Å². The molecule has 0 spiro atoms. The molecule has 94 valence electrons. The summed E-state index contributed by atoms with van der Waals surface area (Å²) in [7, 11) is 2.37. The van der Waals surface area contributed by atoms with Gasteiger partial charge in [-0.05, 0) is 46.2 Å². The van der Waals surface area contributed by atoms with Gasteiger partial charge in [-0.15, -0.1) is 0 Å². The lowest BCUT2D eigenvalue weighted by molar-refractivity contribution is 0.119. The number of piperidine rings is 1. The molecule has 2 heteroatoms. The Hall–Kier alpha value is -0.0800. The Morgan fingerprint density at radius 1 is 0.938 bits per heavy atom. The molecule has 1 aliphatic heterocycles. The Kier molecular flexibility index (Phi) is 4.66. The zero-order valence-electron chi connectivity index (χ0n) is 11.0. The lowest BCUT2D eigenvalue weighted by Gasteiger charge is -2.39. The van der Waals surface area contributed by atoms with Crippen LogP contribution in [0, 0.1) is 0 Å². The molecule has 0 aromatic rings. The first-order chi connectivity index (χ1) is 7.77. The Balaban J connectivity index is 1.86. The van der Waals surface area contributed by atoms with Crippen LogP contribution in [0.1, 0.15) is 58.3 Å². The summed E-state index contributed by atoms with van der Waals surface area (Å²) in [4.78, 5) is 2.71. The number of hydrogen-bond acceptors (Lipinski definition) is 2. The first kappa shape index (κ1) is 12.4. The van der Waals surface area contributed by atoms with Crippen molar-refractivity contribution in [3.05, 3.63) is 0 Å². The molecule has 1 aliphatic carbocycles. The Bertz CT molecular complexity index is 195. The molecule has 2 aliphatic rings. The van der Waals surface area contributed by atoms with Crippen molar-refractivity contribution in [2.24, 2.45) is 0 Å². The normalized spacial score (nSPS) is 33.9. The molecule has 1 saturated carbocycles. The molecule has 2 nitrogen and oxygen atoms in total. The van der Waals surface area contributed by atoms with Crippen LogP contribution in [0.15, 0.2) is 0 Å². The predicted octanol–water partition coefficient (Wildman–Crippen LogP) is 2.78. The molecule has 2 atom stereocenters. The molecule has 0 radical (unpaired) electrons. The second-order valence-corrected chi connectivity index (χ2v) is 5.84. The van der Waals surface area contributed by atoms with E-state index in [1.165, 1.54) is 57.9 Å². The highest BCUT2D eigenvalue weighted by atomic mass is 15.2. The zero-order valence-corrected chi connectivity index (χ0v) is 11.0. The van der Waals surface area contributed by atoms with Crippen LogP contribution >= 0.6 is 0 Å². The quantitative estimate of drug-likeness (QED) is 0.726. The van der Waals surface area contributed by atoms with Gasteiger partial charge in [-0.2, -0.15) is 0 Å². The van der Waals surface area contributed by atoms with Crippen molar-refractivity contribution >= 4 is 0 Å². The molecular weight excluding hydrogens is 196 g/mol. The van der Waals surface area contributed by atoms with Crippen molar-refractivity contribution in [3.63, 3.8) is 0 Å². The second-order valence-electron chi connectivity index (χ2n) is 5.84. The van der Waals surface area contributed by atoms with E-state index in [4.69, 9.17) is 0 Å². The molecule has 0 aromatic heterocycles. The van der Waals surface area contributed by atoms with Gasteiger partial charge in [0.05, 0.1) is 0 Å². The van der Waals surface area contributed by atoms with Gasteiger partial charge in [0.2, 0.25) is 0 Å². The van der Waals surface area contributed by atoms with Gasteiger partial charge in [0.25, 0.3) is 0 Å². The lowest BCUT2D eigenvalue weighted by Crippen LogP contribution is -2.48. The maximum absolute atomic E-state index is 3.56. The van der Waals surface area contributed by atoms with E-state index in [1.54, 1.807) is 0 Å². The van der Waals surface area contributed by atoms with Crippen LogP contribution in [0.5, 0.6) is 0 Å². The van der Waals surface area contributed by atoms with Gasteiger partial charge in [-0.1, -0.05) is 25.7 Å². The summed E-state index contributed by atoms with van der Waals surface area (Å²) in [5, 5.41) is 3.56. The van der Waals surface area contributed by atoms with Gasteiger partial charge in [-0.25, -0.2) is 0 Å². The van der Waals surface area contributed by atoms with Crippen LogP contribution in [0.3, 0.4) is 0 Å². The number of rotatable bonds is 2. The van der Waals surface area contributed by atoms with Crippen LogP contribution in [-0.2, 0) is 0 Å². The van der Waals surface area contributed by atoms with Crippen molar-refractivity contribution in [1.29, 1.82) is 0 Å². The SMILES string of the molecule is CC1CC(N(C)C2CCCCCC2)CCN1. The molecule has 2 fully saturated rings. The summed E-state index contributed by atoms with van der Waals surface area (Å²) in [6, 6.07) is 2.42. The molecular formula is C14H28N2. The Morgan fingerprint density at radius 2 is 1.62 bits per heavy atom. The van der Waals surface area contributed by atoms with Crippen LogP contribution in [0.2, 0.25) is 0 Å². The summed E-state index contributed by atoms with van der Waals surface area (Å²) >= 11 is 0. The van der Waals surface area contributed by atoms with E-state index < -0.39 is 0 Å². The standard InChI is InChI=1S/C14H28N2/c1-12-11-14(9-10-15-12)16(2)13-7-5-3-4-6-8-13/h12-15H,3-11H2,1-2H3. The minimum Gasteiger partial charge on any atom is -0.314 e. The summed E-state index contributed by atoms with van der Waals surface area (Å²) in [5.41, 5.74) is 0. The number of hydrogen-bond donors (Lipinski definition) is 1. The summed E-state index contributed by atoms with van der Waals surface area (Å²) < 4.78 is 0. The fourth-order valence-electron chi connectivity index (χ4n) is 3.44. The summed E-state index contributed by atoms with van der Waals surface area (Å²) in [6.45, 7) is 3.54. The fourth-order valence-corrected chi connectivity index (χ4v) is 3.44. The topological polar surface area (TPSA) is 15.3 Å². The van der Waals surface area contributed by atoms with Gasteiger partial charge in [0.15, 0.2) is 0 Å². The Labute approximate surface area is 101 Å². The molecule has 1 saturated heterocycles. The van der Waals surface area contributed by atoms with E-state index in [0.717, 1.165) is 12.1 Å². The smallest absolute Gasteiger partial charge is 0.0122 e. The molecule has 1 heterocycles. The van der Waals surface area contributed by atoms with Gasteiger partial charge >= 0.3 is 0 Å². The van der Waals surface area contributed by atoms with Crippen molar-refractivity contribution in [2.75, 3.05) is 13.6 Å². The fraction of sp³-hybridized carbons (Fsp3) is 1.00. The number of nitrogens with one attached hydrogen (secondary N) is 1. The van der Waals surface area contributed by atoms with Crippen molar-refractivity contribution < 1.29 is 0 Å². The van der Waals surface area contributed by atoms with Crippen molar-refractivity contribution in [1.82, 2.24) is 10.2 Å². The Morgan fingerprint density at radius 3 is 2.25 bits per heavy atom. The molecule has 2 rings (SSSR count). The minimum atomic E-state index is 0.715. The van der Waals surface area contributed by atoms with Gasteiger partial charge in [-0.3, -0.25) is 0 Å². The molecule has 0 aromatic carbocycles. The summed E-state index contributed by atoms with van der Waals surface area (Å²) in [5.74, 6) is 0. The van der Waals surface area contributed by atoms with Gasteiger partial charge < -0.3 is 10.2 Å². The largest absolute Gasteiger partial charge is 0.314 e. The zero-order chi connectivity index (χ0) is 11.4. The van der Waals surface area contributed by atoms with Gasteiger partial charge in [0, 0.05) is 18.1 Å². The van der Waals surface area contributed by atoms with E-state index in [9.17, 15) is 0 Å². The third kappa shape index (κ3) is 3.21. The highest BCUT2D eigenvalue weighted by molar-refractivity contribution is 4.84. The monoisotopic (exact) mass is 224 g/mol. The highest BCUT2D eigenvalue weighted by Gasteiger charge is 2.26. The third-order valence-corrected chi connectivity index (χ3v) is 4.57. The van der Waals surface area contributed by atoms with Crippen LogP contribution < -0.4 is 5.32 Å². The van der Waals surface area contributed by atoms with E-state index in [-0.39, 0.29) is 0 Å². The predicted molar refractivity (Wildman–Crippen MR) is 69.7 cm³/mol. The minimum absolute atomic E-state index is 0.715. The van der Waals surface area contributed by atoms with Crippen LogP contribution in [-0.4, -0.2) is 36.6 Å². The van der Waals surface area contributed by atoms with E-state index in [2.05, 4.69) is 24.2 Å². The van der Waals surface area contributed by atoms with Gasteiger partial charge in [0.1, 0.15) is 0 Å². The molecule has 0 amide bonds. The molecule has 0 bridgehead atoms. The highest BCUT2D eigenvalue weighted by Crippen LogP contribution is 2.25. The average Bonchev–Trinajstić information content (AvgIpc) is 2.56. The molecule has 16 heavy (non-hydrogen) atoms. The number of nitrogens with zero attached hydrogens (tertiary/aromatic N) is 1. The third-order valence-electron chi connectivity index (χ3n) is 4.57. The first-order valence-corrected chi connectivity index (χ1v) is 7.22. The first-order valence-electron chi connectivity index (χ1n) is 7.22. The van der Waals surface area contributed by atoms with E-state index >= 15 is 0 Å².